The Hall–Kier alpha value is -1.74. The van der Waals surface area contributed by atoms with Crippen LogP contribution < -0.4 is 4.74 Å². The van der Waals surface area contributed by atoms with Crippen molar-refractivity contribution in [3.05, 3.63) is 42.5 Å². The van der Waals surface area contributed by atoms with Gasteiger partial charge in [-0.15, -0.1) is 6.58 Å². The van der Waals surface area contributed by atoms with Gasteiger partial charge in [-0.05, 0) is 31.0 Å². The SMILES string of the molecule is C=CCC(C)(O)/C=C/c1ccc(O)c(OC)c1. The van der Waals surface area contributed by atoms with Crippen molar-refractivity contribution in [1.29, 1.82) is 0 Å². The fourth-order valence-corrected chi connectivity index (χ4v) is 1.43. The second kappa shape index (κ2) is 5.55. The zero-order chi connectivity index (χ0) is 12.9. The van der Waals surface area contributed by atoms with E-state index < -0.39 is 5.60 Å². The molecule has 0 fully saturated rings. The van der Waals surface area contributed by atoms with Crippen LogP contribution in [0.1, 0.15) is 18.9 Å². The molecule has 0 amide bonds. The molecule has 0 saturated carbocycles. The molecule has 0 bridgehead atoms. The third-order valence-electron chi connectivity index (χ3n) is 2.40. The highest BCUT2D eigenvalue weighted by atomic mass is 16.5. The minimum atomic E-state index is -0.910. The second-order valence-electron chi connectivity index (χ2n) is 4.11. The lowest BCUT2D eigenvalue weighted by Gasteiger charge is -2.16. The van der Waals surface area contributed by atoms with Crippen LogP contribution in [-0.2, 0) is 0 Å². The molecule has 0 heterocycles. The van der Waals surface area contributed by atoms with Crippen molar-refractivity contribution in [3.8, 4) is 11.5 Å². The van der Waals surface area contributed by atoms with Crippen LogP contribution in [0.3, 0.4) is 0 Å². The molecule has 0 aromatic heterocycles. The summed E-state index contributed by atoms with van der Waals surface area (Å²) in [5.41, 5.74) is -0.0589. The third-order valence-corrected chi connectivity index (χ3v) is 2.40. The fourth-order valence-electron chi connectivity index (χ4n) is 1.43. The van der Waals surface area contributed by atoms with Gasteiger partial charge in [-0.1, -0.05) is 24.3 Å². The zero-order valence-electron chi connectivity index (χ0n) is 10.2. The lowest BCUT2D eigenvalue weighted by atomic mass is 10.0. The van der Waals surface area contributed by atoms with Gasteiger partial charge >= 0.3 is 0 Å². The predicted molar refractivity (Wildman–Crippen MR) is 69.1 cm³/mol. The van der Waals surface area contributed by atoms with Crippen molar-refractivity contribution in [3.63, 3.8) is 0 Å². The van der Waals surface area contributed by atoms with Gasteiger partial charge in [0.05, 0.1) is 12.7 Å². The van der Waals surface area contributed by atoms with E-state index in [0.717, 1.165) is 5.56 Å². The molecule has 0 aliphatic heterocycles. The lowest BCUT2D eigenvalue weighted by Crippen LogP contribution is -2.18. The number of aliphatic hydroxyl groups is 1. The van der Waals surface area contributed by atoms with Crippen molar-refractivity contribution >= 4 is 6.08 Å². The molecule has 1 aromatic rings. The number of phenolic OH excluding ortho intramolecular Hbond substituents is 1. The van der Waals surface area contributed by atoms with E-state index in [1.54, 1.807) is 43.4 Å². The standard InChI is InChI=1S/C14H18O3/c1-4-8-14(2,16)9-7-11-5-6-12(15)13(10-11)17-3/h4-7,9-10,15-16H,1,8H2,2-3H3/b9-7+. The molecule has 0 aliphatic rings. The van der Waals surface area contributed by atoms with Crippen LogP contribution in [-0.4, -0.2) is 22.9 Å². The van der Waals surface area contributed by atoms with Crippen molar-refractivity contribution in [2.24, 2.45) is 0 Å². The largest absolute Gasteiger partial charge is 0.504 e. The Balaban J connectivity index is 2.88. The number of benzene rings is 1. The van der Waals surface area contributed by atoms with E-state index >= 15 is 0 Å². The number of methoxy groups -OCH3 is 1. The molecule has 3 heteroatoms. The summed E-state index contributed by atoms with van der Waals surface area (Å²) in [4.78, 5) is 0. The molecule has 1 unspecified atom stereocenters. The lowest BCUT2D eigenvalue weighted by molar-refractivity contribution is 0.116. The third kappa shape index (κ3) is 3.96. The molecule has 17 heavy (non-hydrogen) atoms. The summed E-state index contributed by atoms with van der Waals surface area (Å²) >= 11 is 0. The first-order valence-electron chi connectivity index (χ1n) is 5.38. The van der Waals surface area contributed by atoms with E-state index in [2.05, 4.69) is 6.58 Å². The molecule has 3 nitrogen and oxygen atoms in total. The number of rotatable bonds is 5. The molecule has 0 saturated heterocycles. The Labute approximate surface area is 102 Å². The number of phenols is 1. The first-order chi connectivity index (χ1) is 7.98. The molecule has 92 valence electrons. The average Bonchev–Trinajstić information content (AvgIpc) is 2.28. The van der Waals surface area contributed by atoms with Gasteiger partial charge in [0, 0.05) is 0 Å². The summed E-state index contributed by atoms with van der Waals surface area (Å²) in [6.45, 7) is 5.30. The maximum absolute atomic E-state index is 9.92. The average molecular weight is 234 g/mol. The summed E-state index contributed by atoms with van der Waals surface area (Å²) in [5.74, 6) is 0.512. The molecule has 0 spiro atoms. The van der Waals surface area contributed by atoms with Crippen LogP contribution in [0.4, 0.5) is 0 Å². The fraction of sp³-hybridized carbons (Fsp3) is 0.286. The smallest absolute Gasteiger partial charge is 0.161 e. The Morgan fingerprint density at radius 2 is 2.18 bits per heavy atom. The number of aromatic hydroxyl groups is 1. The van der Waals surface area contributed by atoms with Gasteiger partial charge in [-0.2, -0.15) is 0 Å². The van der Waals surface area contributed by atoms with Crippen molar-refractivity contribution in [2.75, 3.05) is 7.11 Å². The Morgan fingerprint density at radius 1 is 1.47 bits per heavy atom. The Bertz CT molecular complexity index is 419. The van der Waals surface area contributed by atoms with Gasteiger partial charge in [-0.3, -0.25) is 0 Å². The van der Waals surface area contributed by atoms with E-state index in [9.17, 15) is 10.2 Å². The highest BCUT2D eigenvalue weighted by Gasteiger charge is 2.13. The topological polar surface area (TPSA) is 49.7 Å². The molecular weight excluding hydrogens is 216 g/mol. The Morgan fingerprint density at radius 3 is 2.76 bits per heavy atom. The van der Waals surface area contributed by atoms with Crippen molar-refractivity contribution in [1.82, 2.24) is 0 Å². The van der Waals surface area contributed by atoms with Crippen LogP contribution >= 0.6 is 0 Å². The van der Waals surface area contributed by atoms with E-state index in [1.165, 1.54) is 7.11 Å². The quantitative estimate of drug-likeness (QED) is 0.770. The van der Waals surface area contributed by atoms with Gasteiger partial charge < -0.3 is 14.9 Å². The number of hydrogen-bond donors (Lipinski definition) is 2. The van der Waals surface area contributed by atoms with Crippen LogP contribution in [0, 0.1) is 0 Å². The molecule has 1 aromatic carbocycles. The second-order valence-corrected chi connectivity index (χ2v) is 4.11. The normalized spacial score (nSPS) is 14.5. The monoisotopic (exact) mass is 234 g/mol. The summed E-state index contributed by atoms with van der Waals surface area (Å²) in [5, 5.41) is 19.4. The summed E-state index contributed by atoms with van der Waals surface area (Å²) in [6, 6.07) is 5.01. The van der Waals surface area contributed by atoms with Crippen LogP contribution in [0.5, 0.6) is 11.5 Å². The number of ether oxygens (including phenoxy) is 1. The van der Waals surface area contributed by atoms with Gasteiger partial charge in [-0.25, -0.2) is 0 Å². The minimum Gasteiger partial charge on any atom is -0.504 e. The summed E-state index contributed by atoms with van der Waals surface area (Å²) in [7, 11) is 1.50. The van der Waals surface area contributed by atoms with Crippen molar-refractivity contribution < 1.29 is 14.9 Å². The highest BCUT2D eigenvalue weighted by molar-refractivity contribution is 5.56. The van der Waals surface area contributed by atoms with Crippen LogP contribution in [0.15, 0.2) is 36.9 Å². The van der Waals surface area contributed by atoms with E-state index in [4.69, 9.17) is 4.74 Å². The van der Waals surface area contributed by atoms with E-state index in [1.807, 2.05) is 0 Å². The van der Waals surface area contributed by atoms with Gasteiger partial charge in [0.2, 0.25) is 0 Å². The number of hydrogen-bond acceptors (Lipinski definition) is 3. The summed E-state index contributed by atoms with van der Waals surface area (Å²) in [6.07, 6.45) is 5.63. The van der Waals surface area contributed by atoms with E-state index in [-0.39, 0.29) is 5.75 Å². The first-order valence-corrected chi connectivity index (χ1v) is 5.38. The molecule has 0 aliphatic carbocycles. The van der Waals surface area contributed by atoms with Gasteiger partial charge in [0.25, 0.3) is 0 Å². The molecule has 0 radical (unpaired) electrons. The molecule has 2 N–H and O–H groups in total. The first kappa shape index (κ1) is 13.3. The summed E-state index contributed by atoms with van der Waals surface area (Å²) < 4.78 is 5.00. The van der Waals surface area contributed by atoms with E-state index in [0.29, 0.717) is 12.2 Å². The molecule has 1 rings (SSSR count). The highest BCUT2D eigenvalue weighted by Crippen LogP contribution is 2.27. The van der Waals surface area contributed by atoms with Crippen LogP contribution in [0.25, 0.3) is 6.08 Å². The maximum atomic E-state index is 9.92. The Kier molecular flexibility index (Phi) is 4.35. The predicted octanol–water partition coefficient (Wildman–Crippen LogP) is 2.74. The van der Waals surface area contributed by atoms with Crippen molar-refractivity contribution in [2.45, 2.75) is 18.9 Å². The van der Waals surface area contributed by atoms with Crippen LogP contribution in [0.2, 0.25) is 0 Å². The van der Waals surface area contributed by atoms with Gasteiger partial charge in [0.1, 0.15) is 0 Å². The zero-order valence-corrected chi connectivity index (χ0v) is 10.2. The maximum Gasteiger partial charge on any atom is 0.161 e. The molecular formula is C14H18O3. The van der Waals surface area contributed by atoms with Gasteiger partial charge in [0.15, 0.2) is 11.5 Å². The molecule has 1 atom stereocenters. The minimum absolute atomic E-state index is 0.0995.